The summed E-state index contributed by atoms with van der Waals surface area (Å²) in [6, 6.07) is 18.6. The summed E-state index contributed by atoms with van der Waals surface area (Å²) in [6.07, 6.45) is 6.13. The summed E-state index contributed by atoms with van der Waals surface area (Å²) in [4.78, 5) is 48.9. The topological polar surface area (TPSA) is 81.2 Å². The summed E-state index contributed by atoms with van der Waals surface area (Å²) < 4.78 is -0.725. The van der Waals surface area contributed by atoms with Crippen molar-refractivity contribution < 1.29 is 19.5 Å². The van der Waals surface area contributed by atoms with E-state index in [4.69, 9.17) is 0 Å². The van der Waals surface area contributed by atoms with E-state index in [1.807, 2.05) is 60.7 Å². The van der Waals surface area contributed by atoms with E-state index >= 15 is 0 Å². The van der Waals surface area contributed by atoms with Crippen LogP contribution in [0, 0.1) is 11.8 Å². The molecule has 0 radical (unpaired) electrons. The minimum absolute atomic E-state index is 0.0107. The summed E-state index contributed by atoms with van der Waals surface area (Å²) in [5.41, 5.74) is 1.77. The largest absolute Gasteiger partial charge is 0.396 e. The molecule has 1 N–H and O–H groups in total. The molecule has 3 heterocycles. The number of aliphatic hydroxyl groups is 1. The number of para-hydroxylation sites is 1. The van der Waals surface area contributed by atoms with Gasteiger partial charge in [0.1, 0.15) is 6.04 Å². The van der Waals surface area contributed by atoms with Gasteiger partial charge in [-0.2, -0.15) is 0 Å². The molecule has 5 rings (SSSR count). The van der Waals surface area contributed by atoms with Crippen LogP contribution in [0.1, 0.15) is 31.2 Å². The quantitative estimate of drug-likeness (QED) is 0.174. The lowest BCUT2D eigenvalue weighted by Gasteiger charge is -2.38. The minimum atomic E-state index is -0.725. The molecule has 3 unspecified atom stereocenters. The maximum absolute atomic E-state index is 14.7. The molecule has 1 spiro atoms. The van der Waals surface area contributed by atoms with Crippen molar-refractivity contribution in [2.24, 2.45) is 11.8 Å². The third-order valence-electron chi connectivity index (χ3n) is 8.89. The number of fused-ring (bicyclic) bond motifs is 1. The van der Waals surface area contributed by atoms with Crippen LogP contribution in [-0.4, -0.2) is 79.7 Å². The van der Waals surface area contributed by atoms with Gasteiger partial charge in [0.05, 0.1) is 16.6 Å². The molecule has 6 atom stereocenters. The zero-order valence-electron chi connectivity index (χ0n) is 24.4. The predicted octanol–water partition coefficient (Wildman–Crippen LogP) is 5.05. The SMILES string of the molecule is C=CCN(Cc1ccccc1)C(=O)C1N(CCCCCO)C(=O)[C@@H]2[C@@H](C(=O)N(CC=C)c3ccccc3)[C@@H]3SC12CC3Br. The Bertz CT molecular complexity index is 1330. The van der Waals surface area contributed by atoms with Crippen LogP contribution in [0.5, 0.6) is 0 Å². The molecule has 3 aliphatic rings. The molecular weight excluding hydrogens is 626 g/mol. The standard InChI is InChI=1S/C34H40BrN3O4S/c1-3-18-36(23-24-14-8-5-9-15-24)33(42)30-34-22-26(35)29(43-34)27(28(34)32(41)38(30)20-12-7-13-21-39)31(40)37(19-4-2)25-16-10-6-11-17-25/h3-6,8-11,14-17,26-30,39H,1-2,7,12-13,18-23H2/t26?,27-,28+,29-,30?,34?/m1/s1. The Balaban J connectivity index is 1.53. The molecular formula is C34H40BrN3O4S. The number of carbonyl (C=O) groups excluding carboxylic acids is 3. The highest BCUT2D eigenvalue weighted by atomic mass is 79.9. The van der Waals surface area contributed by atoms with Gasteiger partial charge in [-0.05, 0) is 43.4 Å². The van der Waals surface area contributed by atoms with Gasteiger partial charge in [0, 0.05) is 48.6 Å². The fourth-order valence-electron chi connectivity index (χ4n) is 7.11. The predicted molar refractivity (Wildman–Crippen MR) is 176 cm³/mol. The molecule has 3 fully saturated rings. The number of aliphatic hydroxyl groups excluding tert-OH is 1. The van der Waals surface area contributed by atoms with Crippen molar-refractivity contribution in [1.29, 1.82) is 0 Å². The van der Waals surface area contributed by atoms with Gasteiger partial charge in [-0.15, -0.1) is 24.9 Å². The second-order valence-corrected chi connectivity index (χ2v) is 14.3. The number of anilines is 1. The third-order valence-corrected chi connectivity index (χ3v) is 12.1. The number of hydrogen-bond donors (Lipinski definition) is 1. The molecule has 2 aromatic rings. The van der Waals surface area contributed by atoms with E-state index in [2.05, 4.69) is 29.1 Å². The van der Waals surface area contributed by atoms with Crippen LogP contribution in [0.3, 0.4) is 0 Å². The molecule has 7 nitrogen and oxygen atoms in total. The van der Waals surface area contributed by atoms with Crippen molar-refractivity contribution in [3.05, 3.63) is 91.5 Å². The van der Waals surface area contributed by atoms with Crippen LogP contribution in [0.25, 0.3) is 0 Å². The van der Waals surface area contributed by atoms with Crippen molar-refractivity contribution in [2.45, 2.75) is 53.1 Å². The van der Waals surface area contributed by atoms with E-state index < -0.39 is 22.6 Å². The summed E-state index contributed by atoms with van der Waals surface area (Å²) in [5.74, 6) is -1.49. The van der Waals surface area contributed by atoms with Gasteiger partial charge in [0.25, 0.3) is 0 Å². The number of rotatable bonds is 14. The Kier molecular flexibility index (Phi) is 10.1. The Morgan fingerprint density at radius 3 is 2.33 bits per heavy atom. The Morgan fingerprint density at radius 1 is 1.00 bits per heavy atom. The number of amides is 3. The number of alkyl halides is 1. The van der Waals surface area contributed by atoms with Crippen LogP contribution in [0.4, 0.5) is 5.69 Å². The Labute approximate surface area is 267 Å². The lowest BCUT2D eigenvalue weighted by atomic mass is 9.70. The van der Waals surface area contributed by atoms with E-state index in [9.17, 15) is 19.5 Å². The molecule has 0 aromatic heterocycles. The van der Waals surface area contributed by atoms with Crippen molar-refractivity contribution >= 4 is 51.1 Å². The molecule has 3 saturated heterocycles. The smallest absolute Gasteiger partial charge is 0.247 e. The molecule has 228 valence electrons. The maximum Gasteiger partial charge on any atom is 0.247 e. The minimum Gasteiger partial charge on any atom is -0.396 e. The fourth-order valence-corrected chi connectivity index (χ4v) is 10.7. The van der Waals surface area contributed by atoms with Gasteiger partial charge in [-0.25, -0.2) is 0 Å². The zero-order chi connectivity index (χ0) is 30.6. The lowest BCUT2D eigenvalue weighted by molar-refractivity contribution is -0.143. The van der Waals surface area contributed by atoms with Gasteiger partial charge in [0.2, 0.25) is 17.7 Å². The Morgan fingerprint density at radius 2 is 1.67 bits per heavy atom. The maximum atomic E-state index is 14.7. The van der Waals surface area contributed by atoms with E-state index in [1.54, 1.807) is 38.6 Å². The molecule has 3 amide bonds. The summed E-state index contributed by atoms with van der Waals surface area (Å²) in [7, 11) is 0. The molecule has 0 saturated carbocycles. The van der Waals surface area contributed by atoms with Crippen LogP contribution < -0.4 is 4.90 Å². The van der Waals surface area contributed by atoms with Crippen LogP contribution >= 0.6 is 27.7 Å². The first kappa shape index (κ1) is 31.5. The van der Waals surface area contributed by atoms with Crippen molar-refractivity contribution in [3.63, 3.8) is 0 Å². The van der Waals surface area contributed by atoms with Crippen LogP contribution in [0.15, 0.2) is 86.0 Å². The van der Waals surface area contributed by atoms with Crippen molar-refractivity contribution in [1.82, 2.24) is 9.80 Å². The first-order valence-corrected chi connectivity index (χ1v) is 16.8. The molecule has 9 heteroatoms. The van der Waals surface area contributed by atoms with Crippen LogP contribution in [-0.2, 0) is 20.9 Å². The summed E-state index contributed by atoms with van der Waals surface area (Å²) in [5, 5.41) is 9.21. The number of carbonyl (C=O) groups is 3. The molecule has 2 bridgehead atoms. The number of thioether (sulfide) groups is 1. The molecule has 2 aromatic carbocycles. The summed E-state index contributed by atoms with van der Waals surface area (Å²) in [6.45, 7) is 9.39. The highest BCUT2D eigenvalue weighted by molar-refractivity contribution is 9.09. The van der Waals surface area contributed by atoms with Gasteiger partial charge < -0.3 is 19.8 Å². The van der Waals surface area contributed by atoms with E-state index in [0.717, 1.165) is 17.7 Å². The van der Waals surface area contributed by atoms with E-state index in [1.165, 1.54) is 0 Å². The summed E-state index contributed by atoms with van der Waals surface area (Å²) >= 11 is 5.54. The van der Waals surface area contributed by atoms with Gasteiger partial charge in [-0.3, -0.25) is 14.4 Å². The number of halogens is 1. The molecule has 0 aliphatic carbocycles. The second kappa shape index (κ2) is 13.8. The van der Waals surface area contributed by atoms with Crippen LogP contribution in [0.2, 0.25) is 0 Å². The van der Waals surface area contributed by atoms with Gasteiger partial charge >= 0.3 is 0 Å². The number of benzene rings is 2. The van der Waals surface area contributed by atoms with E-state index in [-0.39, 0.29) is 34.4 Å². The monoisotopic (exact) mass is 665 g/mol. The van der Waals surface area contributed by atoms with Crippen molar-refractivity contribution in [3.8, 4) is 0 Å². The lowest BCUT2D eigenvalue weighted by Crippen LogP contribution is -2.55. The average Bonchev–Trinajstić information content (AvgIpc) is 3.61. The first-order valence-electron chi connectivity index (χ1n) is 15.0. The average molecular weight is 667 g/mol. The third kappa shape index (κ3) is 5.96. The molecule has 3 aliphatic heterocycles. The van der Waals surface area contributed by atoms with E-state index in [0.29, 0.717) is 45.4 Å². The van der Waals surface area contributed by atoms with Gasteiger partial charge in [-0.1, -0.05) is 76.6 Å². The number of hydrogen-bond acceptors (Lipinski definition) is 5. The zero-order valence-corrected chi connectivity index (χ0v) is 26.8. The number of unbranched alkanes of at least 4 members (excludes halogenated alkanes) is 2. The normalized spacial score (nSPS) is 27.2. The second-order valence-electron chi connectivity index (χ2n) is 11.5. The highest BCUT2D eigenvalue weighted by Gasteiger charge is 2.76. The fraction of sp³-hybridized carbons (Fsp3) is 0.441. The first-order chi connectivity index (χ1) is 20.9. The highest BCUT2D eigenvalue weighted by Crippen LogP contribution is 2.68. The van der Waals surface area contributed by atoms with Gasteiger partial charge in [0.15, 0.2) is 0 Å². The number of nitrogens with zero attached hydrogens (tertiary/aromatic N) is 3. The van der Waals surface area contributed by atoms with Crippen molar-refractivity contribution in [2.75, 3.05) is 31.1 Å². The number of likely N-dealkylation sites (tertiary alicyclic amines) is 1. The Hall–Kier alpha value is -2.88. The molecule has 43 heavy (non-hydrogen) atoms.